The number of aromatic nitrogens is 1. The molecule has 0 bridgehead atoms. The highest BCUT2D eigenvalue weighted by atomic mass is 32.1. The summed E-state index contributed by atoms with van der Waals surface area (Å²) in [7, 11) is 1.70. The van der Waals surface area contributed by atoms with Gasteiger partial charge in [-0.15, -0.1) is 11.3 Å². The van der Waals surface area contributed by atoms with E-state index in [4.69, 9.17) is 9.72 Å². The molecule has 0 unspecified atom stereocenters. The van der Waals surface area contributed by atoms with Gasteiger partial charge in [-0.25, -0.2) is 4.98 Å². The van der Waals surface area contributed by atoms with E-state index in [0.717, 1.165) is 24.4 Å². The van der Waals surface area contributed by atoms with E-state index >= 15 is 0 Å². The Morgan fingerprint density at radius 3 is 3.00 bits per heavy atom. The minimum Gasteiger partial charge on any atom is -0.497 e. The Hall–Kier alpha value is -1.13. The smallest absolute Gasteiger partial charge is 0.120 e. The number of fused-ring (bicyclic) bond motifs is 1. The lowest BCUT2D eigenvalue weighted by molar-refractivity contribution is 0.415. The standard InChI is InChI=1S/C13H16N2OS/c1-8-6-14-7-10(8)13-15-11-4-3-9(16-2)5-12(11)17-13/h3-5,8,10,14H,6-7H2,1-2H3/t8-,10-/m1/s1. The number of hydrogen-bond acceptors (Lipinski definition) is 4. The molecule has 1 N–H and O–H groups in total. The Morgan fingerprint density at radius 2 is 2.29 bits per heavy atom. The molecule has 2 heterocycles. The molecule has 0 spiro atoms. The Labute approximate surface area is 105 Å². The van der Waals surface area contributed by atoms with Crippen LogP contribution in [0.5, 0.6) is 5.75 Å². The van der Waals surface area contributed by atoms with Gasteiger partial charge in [-0.3, -0.25) is 0 Å². The van der Waals surface area contributed by atoms with E-state index in [9.17, 15) is 0 Å². The first-order chi connectivity index (χ1) is 8.28. The Morgan fingerprint density at radius 1 is 1.41 bits per heavy atom. The van der Waals surface area contributed by atoms with E-state index in [-0.39, 0.29) is 0 Å². The fourth-order valence-corrected chi connectivity index (χ4v) is 3.58. The van der Waals surface area contributed by atoms with E-state index in [2.05, 4.69) is 18.3 Å². The van der Waals surface area contributed by atoms with Gasteiger partial charge in [-0.1, -0.05) is 6.92 Å². The molecule has 2 aromatic rings. The molecule has 4 heteroatoms. The fraction of sp³-hybridized carbons (Fsp3) is 0.462. The molecule has 3 rings (SSSR count). The van der Waals surface area contributed by atoms with Crippen LogP contribution in [0, 0.1) is 5.92 Å². The zero-order valence-corrected chi connectivity index (χ0v) is 10.9. The zero-order chi connectivity index (χ0) is 11.8. The van der Waals surface area contributed by atoms with Crippen LogP contribution in [-0.2, 0) is 0 Å². The highest BCUT2D eigenvalue weighted by molar-refractivity contribution is 7.18. The number of nitrogens with zero attached hydrogens (tertiary/aromatic N) is 1. The lowest BCUT2D eigenvalue weighted by Crippen LogP contribution is -2.07. The van der Waals surface area contributed by atoms with Crippen LogP contribution >= 0.6 is 11.3 Å². The summed E-state index contributed by atoms with van der Waals surface area (Å²) in [4.78, 5) is 4.74. The number of thiazole rings is 1. The summed E-state index contributed by atoms with van der Waals surface area (Å²) in [6.07, 6.45) is 0. The Kier molecular flexibility index (Phi) is 2.76. The van der Waals surface area contributed by atoms with E-state index in [0.29, 0.717) is 11.8 Å². The van der Waals surface area contributed by atoms with Crippen molar-refractivity contribution >= 4 is 21.6 Å². The third-order valence-electron chi connectivity index (χ3n) is 3.45. The van der Waals surface area contributed by atoms with Crippen molar-refractivity contribution in [2.75, 3.05) is 20.2 Å². The maximum absolute atomic E-state index is 5.24. The molecule has 1 fully saturated rings. The molecule has 17 heavy (non-hydrogen) atoms. The molecule has 90 valence electrons. The average molecular weight is 248 g/mol. The maximum atomic E-state index is 5.24. The third kappa shape index (κ3) is 1.91. The predicted octanol–water partition coefficient (Wildman–Crippen LogP) is 2.63. The minimum absolute atomic E-state index is 0.568. The van der Waals surface area contributed by atoms with E-state index < -0.39 is 0 Å². The van der Waals surface area contributed by atoms with Gasteiger partial charge in [0.15, 0.2) is 0 Å². The quantitative estimate of drug-likeness (QED) is 0.887. The van der Waals surface area contributed by atoms with Crippen molar-refractivity contribution in [1.29, 1.82) is 0 Å². The largest absolute Gasteiger partial charge is 0.497 e. The number of nitrogens with one attached hydrogen (secondary N) is 1. The molecule has 0 radical (unpaired) electrons. The summed E-state index contributed by atoms with van der Waals surface area (Å²) in [5, 5.41) is 4.68. The molecule has 0 amide bonds. The molecule has 2 atom stereocenters. The molecule has 1 aliphatic rings. The van der Waals surface area contributed by atoms with Crippen LogP contribution in [-0.4, -0.2) is 25.2 Å². The van der Waals surface area contributed by atoms with E-state index in [1.165, 1.54) is 9.71 Å². The summed E-state index contributed by atoms with van der Waals surface area (Å²) >= 11 is 1.80. The summed E-state index contributed by atoms with van der Waals surface area (Å²) in [5.74, 6) is 2.15. The summed E-state index contributed by atoms with van der Waals surface area (Å²) in [6.45, 7) is 4.44. The van der Waals surface area contributed by atoms with Crippen molar-refractivity contribution in [1.82, 2.24) is 10.3 Å². The van der Waals surface area contributed by atoms with Crippen LogP contribution in [0.1, 0.15) is 17.8 Å². The monoisotopic (exact) mass is 248 g/mol. The van der Waals surface area contributed by atoms with Gasteiger partial charge in [0.05, 0.1) is 22.3 Å². The second-order valence-corrected chi connectivity index (χ2v) is 5.69. The molecule has 1 saturated heterocycles. The molecule has 1 aromatic heterocycles. The minimum atomic E-state index is 0.568. The SMILES string of the molecule is COc1ccc2nc([C@@H]3CNC[C@H]3C)sc2c1. The molecule has 0 aliphatic carbocycles. The topological polar surface area (TPSA) is 34.1 Å². The van der Waals surface area contributed by atoms with Crippen molar-refractivity contribution in [3.63, 3.8) is 0 Å². The lowest BCUT2D eigenvalue weighted by atomic mass is 9.99. The number of rotatable bonds is 2. The predicted molar refractivity (Wildman–Crippen MR) is 70.9 cm³/mol. The van der Waals surface area contributed by atoms with Gasteiger partial charge in [-0.2, -0.15) is 0 Å². The lowest BCUT2D eigenvalue weighted by Gasteiger charge is -2.09. The fourth-order valence-electron chi connectivity index (χ4n) is 2.35. The highest BCUT2D eigenvalue weighted by Gasteiger charge is 2.27. The number of hydrogen-bond donors (Lipinski definition) is 1. The van der Waals surface area contributed by atoms with Gasteiger partial charge in [0, 0.05) is 12.5 Å². The number of benzene rings is 1. The normalized spacial score (nSPS) is 24.4. The highest BCUT2D eigenvalue weighted by Crippen LogP contribution is 2.34. The van der Waals surface area contributed by atoms with Gasteiger partial charge in [0.1, 0.15) is 5.75 Å². The summed E-state index contributed by atoms with van der Waals surface area (Å²) in [5.41, 5.74) is 1.09. The molecular weight excluding hydrogens is 232 g/mol. The van der Waals surface area contributed by atoms with Crippen LogP contribution in [0.15, 0.2) is 18.2 Å². The molecule has 1 aromatic carbocycles. The first-order valence-electron chi connectivity index (χ1n) is 5.93. The van der Waals surface area contributed by atoms with Crippen LogP contribution in [0.3, 0.4) is 0 Å². The van der Waals surface area contributed by atoms with E-state index in [1.54, 1.807) is 18.4 Å². The Balaban J connectivity index is 2.01. The molecule has 1 aliphatic heterocycles. The maximum Gasteiger partial charge on any atom is 0.120 e. The Bertz CT molecular complexity index is 537. The van der Waals surface area contributed by atoms with Crippen molar-refractivity contribution in [2.24, 2.45) is 5.92 Å². The summed E-state index contributed by atoms with van der Waals surface area (Å²) in [6, 6.07) is 6.09. The number of ether oxygens (including phenoxy) is 1. The summed E-state index contributed by atoms with van der Waals surface area (Å²) < 4.78 is 6.47. The second-order valence-electron chi connectivity index (χ2n) is 4.63. The van der Waals surface area contributed by atoms with Gasteiger partial charge in [0.25, 0.3) is 0 Å². The van der Waals surface area contributed by atoms with Crippen LogP contribution in [0.4, 0.5) is 0 Å². The average Bonchev–Trinajstić information content (AvgIpc) is 2.93. The van der Waals surface area contributed by atoms with Gasteiger partial charge in [0.2, 0.25) is 0 Å². The van der Waals surface area contributed by atoms with Crippen molar-refractivity contribution < 1.29 is 4.74 Å². The molecule has 0 saturated carbocycles. The number of methoxy groups -OCH3 is 1. The molecule has 3 nitrogen and oxygen atoms in total. The third-order valence-corrected chi connectivity index (χ3v) is 4.60. The van der Waals surface area contributed by atoms with Crippen molar-refractivity contribution in [2.45, 2.75) is 12.8 Å². The van der Waals surface area contributed by atoms with Crippen LogP contribution in [0.25, 0.3) is 10.2 Å². The zero-order valence-electron chi connectivity index (χ0n) is 10.1. The van der Waals surface area contributed by atoms with Gasteiger partial charge >= 0.3 is 0 Å². The second kappa shape index (κ2) is 4.27. The van der Waals surface area contributed by atoms with Crippen LogP contribution in [0.2, 0.25) is 0 Å². The first kappa shape index (κ1) is 11.0. The van der Waals surface area contributed by atoms with E-state index in [1.807, 2.05) is 12.1 Å². The van der Waals surface area contributed by atoms with Crippen molar-refractivity contribution in [3.05, 3.63) is 23.2 Å². The van der Waals surface area contributed by atoms with Crippen molar-refractivity contribution in [3.8, 4) is 5.75 Å². The molecular formula is C13H16N2OS. The van der Waals surface area contributed by atoms with Crippen LogP contribution < -0.4 is 10.1 Å². The first-order valence-corrected chi connectivity index (χ1v) is 6.75. The van der Waals surface area contributed by atoms with Gasteiger partial charge < -0.3 is 10.1 Å². The van der Waals surface area contributed by atoms with Gasteiger partial charge in [-0.05, 0) is 30.7 Å².